The van der Waals surface area contributed by atoms with Crippen molar-refractivity contribution in [1.29, 1.82) is 0 Å². The fourth-order valence-corrected chi connectivity index (χ4v) is 6.18. The molecule has 6 nitrogen and oxygen atoms in total. The molecule has 254 valence electrons. The third-order valence-electron chi connectivity index (χ3n) is 8.16. The van der Waals surface area contributed by atoms with Crippen LogP contribution in [0.15, 0.2) is 24.3 Å². The number of hydrogen-bond acceptors (Lipinski definition) is 4. The molecule has 43 heavy (non-hydrogen) atoms. The fourth-order valence-electron chi connectivity index (χ4n) is 5.42. The molecule has 0 saturated heterocycles. The molecular weight excluding hydrogens is 558 g/mol. The summed E-state index contributed by atoms with van der Waals surface area (Å²) in [7, 11) is -4.30. The van der Waals surface area contributed by atoms with Crippen LogP contribution in [0, 0.1) is 0 Å². The van der Waals surface area contributed by atoms with E-state index in [0.717, 1.165) is 57.8 Å². The van der Waals surface area contributed by atoms with Gasteiger partial charge in [0.15, 0.2) is 0 Å². The Labute approximate surface area is 266 Å². The molecule has 2 unspecified atom stereocenters. The quantitative estimate of drug-likeness (QED) is 0.0391. The topological polar surface area (TPSA) is 104 Å². The predicted octanol–water partition coefficient (Wildman–Crippen LogP) is 10.0. The first-order valence-corrected chi connectivity index (χ1v) is 19.6. The molecular formula is C36H69NO5S. The van der Waals surface area contributed by atoms with Crippen molar-refractivity contribution in [1.82, 2.24) is 5.32 Å². The largest absolute Gasteiger partial charge is 0.391 e. The Hall–Kier alpha value is -1.18. The molecule has 0 spiro atoms. The number of amides is 1. The zero-order valence-electron chi connectivity index (χ0n) is 28.1. The Morgan fingerprint density at radius 1 is 0.628 bits per heavy atom. The first kappa shape index (κ1) is 41.8. The van der Waals surface area contributed by atoms with Crippen molar-refractivity contribution in [3.8, 4) is 0 Å². The summed E-state index contributed by atoms with van der Waals surface area (Å²) in [6.07, 6.45) is 36.9. The molecule has 0 aromatic rings. The monoisotopic (exact) mass is 627 g/mol. The Morgan fingerprint density at radius 2 is 1.05 bits per heavy atom. The summed E-state index contributed by atoms with van der Waals surface area (Å²) < 4.78 is 32.3. The van der Waals surface area contributed by atoms with Crippen LogP contribution >= 0.6 is 0 Å². The predicted molar refractivity (Wildman–Crippen MR) is 184 cm³/mol. The van der Waals surface area contributed by atoms with Crippen molar-refractivity contribution >= 4 is 16.0 Å². The van der Waals surface area contributed by atoms with E-state index in [1.165, 1.54) is 96.3 Å². The van der Waals surface area contributed by atoms with Crippen molar-refractivity contribution in [3.63, 3.8) is 0 Å². The van der Waals surface area contributed by atoms with Crippen LogP contribution in [0.3, 0.4) is 0 Å². The number of carbonyl (C=O) groups excluding carboxylic acids is 1. The molecule has 0 rings (SSSR count). The first-order chi connectivity index (χ1) is 20.8. The van der Waals surface area contributed by atoms with Gasteiger partial charge >= 0.3 is 0 Å². The van der Waals surface area contributed by atoms with Gasteiger partial charge in [-0.1, -0.05) is 154 Å². The van der Waals surface area contributed by atoms with E-state index in [0.29, 0.717) is 12.8 Å². The van der Waals surface area contributed by atoms with Gasteiger partial charge in [-0.25, -0.2) is 0 Å². The third kappa shape index (κ3) is 32.0. The molecule has 0 aromatic heterocycles. The smallest absolute Gasteiger partial charge is 0.266 e. The van der Waals surface area contributed by atoms with Gasteiger partial charge in [0.05, 0.1) is 17.9 Å². The summed E-state index contributed by atoms with van der Waals surface area (Å²) in [6.45, 7) is 4.47. The van der Waals surface area contributed by atoms with E-state index in [-0.39, 0.29) is 5.91 Å². The molecule has 0 aromatic carbocycles. The first-order valence-electron chi connectivity index (χ1n) is 18.0. The highest BCUT2D eigenvalue weighted by molar-refractivity contribution is 7.85. The van der Waals surface area contributed by atoms with Gasteiger partial charge < -0.3 is 10.4 Å². The summed E-state index contributed by atoms with van der Waals surface area (Å²) in [5.41, 5.74) is 0. The summed E-state index contributed by atoms with van der Waals surface area (Å²) in [6, 6.07) is -0.971. The van der Waals surface area contributed by atoms with Crippen LogP contribution in [0.2, 0.25) is 0 Å². The maximum absolute atomic E-state index is 12.4. The molecule has 0 heterocycles. The van der Waals surface area contributed by atoms with Crippen LogP contribution in [0.25, 0.3) is 0 Å². The maximum atomic E-state index is 12.4. The summed E-state index contributed by atoms with van der Waals surface area (Å²) in [5.74, 6) is -0.906. The van der Waals surface area contributed by atoms with Gasteiger partial charge in [-0.3, -0.25) is 9.35 Å². The standard InChI is InChI=1S/C36H69NO5S/c1-3-5-7-9-11-13-15-16-17-18-19-20-21-22-24-26-28-30-32-36(39)37-34(33-43(40,41)42)35(38)31-29-27-25-23-14-12-10-8-6-4-2/h13,15,17-18,34-35,38H,3-12,14,16,19-33H2,1-2H3,(H,37,39)(H,40,41,42)/b15-13-,18-17-. The van der Waals surface area contributed by atoms with Crippen LogP contribution in [-0.4, -0.2) is 41.9 Å². The van der Waals surface area contributed by atoms with Crippen LogP contribution in [-0.2, 0) is 14.9 Å². The minimum Gasteiger partial charge on any atom is -0.391 e. The van der Waals surface area contributed by atoms with E-state index in [1.54, 1.807) is 0 Å². The van der Waals surface area contributed by atoms with Crippen molar-refractivity contribution in [2.75, 3.05) is 5.75 Å². The number of aliphatic hydroxyl groups is 1. The number of hydrogen-bond donors (Lipinski definition) is 3. The third-order valence-corrected chi connectivity index (χ3v) is 8.94. The Balaban J connectivity index is 3.91. The summed E-state index contributed by atoms with van der Waals surface area (Å²) >= 11 is 0. The van der Waals surface area contributed by atoms with Crippen molar-refractivity contribution in [3.05, 3.63) is 24.3 Å². The number of nitrogens with one attached hydrogen (secondary N) is 1. The molecule has 1 amide bonds. The van der Waals surface area contributed by atoms with Gasteiger partial charge in [0.25, 0.3) is 10.1 Å². The number of carbonyl (C=O) groups is 1. The lowest BCUT2D eigenvalue weighted by Crippen LogP contribution is -2.47. The van der Waals surface area contributed by atoms with Gasteiger partial charge in [0.1, 0.15) is 0 Å². The van der Waals surface area contributed by atoms with Gasteiger partial charge in [-0.15, -0.1) is 0 Å². The van der Waals surface area contributed by atoms with E-state index >= 15 is 0 Å². The van der Waals surface area contributed by atoms with Gasteiger partial charge in [-0.2, -0.15) is 8.42 Å². The molecule has 0 saturated carbocycles. The summed E-state index contributed by atoms with van der Waals surface area (Å²) in [4.78, 5) is 12.4. The Bertz CT molecular complexity index is 781. The Morgan fingerprint density at radius 3 is 1.53 bits per heavy atom. The van der Waals surface area contributed by atoms with Crippen LogP contribution < -0.4 is 5.32 Å². The second kappa shape index (κ2) is 30.8. The van der Waals surface area contributed by atoms with E-state index < -0.39 is 28.0 Å². The number of unbranched alkanes of at least 4 members (excludes halogenated alkanes) is 20. The fraction of sp³-hybridized carbons (Fsp3) is 0.861. The molecule has 0 aliphatic heterocycles. The second-order valence-electron chi connectivity index (χ2n) is 12.5. The molecule has 0 bridgehead atoms. The van der Waals surface area contributed by atoms with Crippen molar-refractivity contribution in [2.24, 2.45) is 0 Å². The highest BCUT2D eigenvalue weighted by Gasteiger charge is 2.26. The lowest BCUT2D eigenvalue weighted by molar-refractivity contribution is -0.122. The molecule has 2 atom stereocenters. The van der Waals surface area contributed by atoms with Gasteiger partial charge in [0.2, 0.25) is 5.91 Å². The molecule has 0 aliphatic rings. The number of rotatable bonds is 32. The minimum atomic E-state index is -4.30. The number of aliphatic hydroxyl groups excluding tert-OH is 1. The highest BCUT2D eigenvalue weighted by Crippen LogP contribution is 2.15. The van der Waals surface area contributed by atoms with E-state index in [2.05, 4.69) is 43.5 Å². The van der Waals surface area contributed by atoms with E-state index in [1.807, 2.05) is 0 Å². The molecule has 0 aliphatic carbocycles. The van der Waals surface area contributed by atoms with Gasteiger partial charge in [-0.05, 0) is 44.9 Å². The normalized spacial score (nSPS) is 13.7. The van der Waals surface area contributed by atoms with E-state index in [9.17, 15) is 22.9 Å². The highest BCUT2D eigenvalue weighted by atomic mass is 32.2. The molecule has 7 heteroatoms. The Kier molecular flexibility index (Phi) is 30.0. The maximum Gasteiger partial charge on any atom is 0.266 e. The van der Waals surface area contributed by atoms with Crippen molar-refractivity contribution in [2.45, 2.75) is 193 Å². The van der Waals surface area contributed by atoms with Crippen LogP contribution in [0.4, 0.5) is 0 Å². The van der Waals surface area contributed by atoms with Gasteiger partial charge in [0, 0.05) is 6.42 Å². The lowest BCUT2D eigenvalue weighted by Gasteiger charge is -2.23. The minimum absolute atomic E-state index is 0.256. The molecule has 0 radical (unpaired) electrons. The average Bonchev–Trinajstić information content (AvgIpc) is 2.96. The van der Waals surface area contributed by atoms with Crippen molar-refractivity contribution < 1.29 is 22.9 Å². The zero-order chi connectivity index (χ0) is 31.9. The SMILES string of the molecule is CCCCCC/C=C\C/C=C\CCCCCCCCCC(=O)NC(CS(=O)(=O)O)C(O)CCCCCCCCCCCC. The van der Waals surface area contributed by atoms with E-state index in [4.69, 9.17) is 0 Å². The second-order valence-corrected chi connectivity index (χ2v) is 14.0. The number of allylic oxidation sites excluding steroid dienone is 4. The lowest BCUT2D eigenvalue weighted by atomic mass is 10.0. The molecule has 3 N–H and O–H groups in total. The van der Waals surface area contributed by atoms with Crippen LogP contribution in [0.1, 0.15) is 181 Å². The average molecular weight is 628 g/mol. The molecule has 0 fully saturated rings. The zero-order valence-corrected chi connectivity index (χ0v) is 28.9. The van der Waals surface area contributed by atoms with Crippen LogP contribution in [0.5, 0.6) is 0 Å². The summed E-state index contributed by atoms with van der Waals surface area (Å²) in [5, 5.41) is 13.3.